The number of hydrogen-bond acceptors (Lipinski definition) is 4. The minimum atomic E-state index is -1.30. The van der Waals surface area contributed by atoms with E-state index >= 15 is 0 Å². The molecule has 1 aromatic carbocycles. The Morgan fingerprint density at radius 3 is 2.83 bits per heavy atom. The van der Waals surface area contributed by atoms with Gasteiger partial charge in [-0.15, -0.1) is 11.3 Å². The Morgan fingerprint density at radius 2 is 2.12 bits per heavy atom. The molecule has 1 aliphatic heterocycles. The van der Waals surface area contributed by atoms with E-state index in [4.69, 9.17) is 5.11 Å². The van der Waals surface area contributed by atoms with Crippen molar-refractivity contribution in [2.75, 3.05) is 6.54 Å². The fourth-order valence-corrected chi connectivity index (χ4v) is 3.44. The van der Waals surface area contributed by atoms with E-state index in [9.17, 15) is 14.0 Å². The largest absolute Gasteiger partial charge is 0.480 e. The molecule has 0 aliphatic carbocycles. The molecular formula is C16H16FN3O3S. The predicted molar refractivity (Wildman–Crippen MR) is 87.4 cm³/mol. The number of amides is 2. The van der Waals surface area contributed by atoms with Crippen LogP contribution in [0.4, 0.5) is 9.18 Å². The van der Waals surface area contributed by atoms with Gasteiger partial charge in [-0.25, -0.2) is 19.0 Å². The SMILES string of the molecule is O=C(O)[C@@H]1C[C@H](F)CN1C(=O)NCc1csc(-c2ccccc2)n1. The van der Waals surface area contributed by atoms with Crippen molar-refractivity contribution in [1.29, 1.82) is 0 Å². The molecule has 2 atom stereocenters. The summed E-state index contributed by atoms with van der Waals surface area (Å²) in [6.07, 6.45) is -1.47. The molecule has 0 saturated carbocycles. The first-order valence-corrected chi connectivity index (χ1v) is 8.33. The van der Waals surface area contributed by atoms with Crippen molar-refractivity contribution in [3.8, 4) is 10.6 Å². The average molecular weight is 349 g/mol. The first-order valence-electron chi connectivity index (χ1n) is 7.46. The molecule has 1 aromatic heterocycles. The third-order valence-electron chi connectivity index (χ3n) is 3.79. The zero-order chi connectivity index (χ0) is 17.1. The van der Waals surface area contributed by atoms with E-state index in [1.165, 1.54) is 11.3 Å². The van der Waals surface area contributed by atoms with E-state index in [0.29, 0.717) is 5.69 Å². The summed E-state index contributed by atoms with van der Waals surface area (Å²) >= 11 is 1.46. The molecule has 3 rings (SSSR count). The minimum Gasteiger partial charge on any atom is -0.480 e. The van der Waals surface area contributed by atoms with Crippen LogP contribution in [0.1, 0.15) is 12.1 Å². The number of carboxylic acids is 1. The van der Waals surface area contributed by atoms with Gasteiger partial charge in [-0.05, 0) is 0 Å². The van der Waals surface area contributed by atoms with Crippen molar-refractivity contribution < 1.29 is 19.1 Å². The first-order chi connectivity index (χ1) is 11.5. The second-order valence-corrected chi connectivity index (χ2v) is 6.37. The zero-order valence-corrected chi connectivity index (χ0v) is 13.5. The molecule has 2 heterocycles. The van der Waals surface area contributed by atoms with Crippen molar-refractivity contribution in [2.45, 2.75) is 25.2 Å². The van der Waals surface area contributed by atoms with Crippen LogP contribution < -0.4 is 5.32 Å². The molecule has 126 valence electrons. The number of rotatable bonds is 4. The first kappa shape index (κ1) is 16.4. The molecule has 1 saturated heterocycles. The van der Waals surface area contributed by atoms with Gasteiger partial charge in [0.1, 0.15) is 17.2 Å². The third-order valence-corrected chi connectivity index (χ3v) is 4.73. The molecule has 2 N–H and O–H groups in total. The Kier molecular flexibility index (Phi) is 4.75. The Hall–Kier alpha value is -2.48. The lowest BCUT2D eigenvalue weighted by Crippen LogP contribution is -2.45. The van der Waals surface area contributed by atoms with Crippen LogP contribution in [0.2, 0.25) is 0 Å². The van der Waals surface area contributed by atoms with Crippen molar-refractivity contribution in [3.05, 3.63) is 41.4 Å². The minimum absolute atomic E-state index is 0.169. The number of benzene rings is 1. The molecule has 24 heavy (non-hydrogen) atoms. The molecule has 0 unspecified atom stereocenters. The van der Waals surface area contributed by atoms with E-state index in [-0.39, 0.29) is 19.5 Å². The molecule has 8 heteroatoms. The number of nitrogens with one attached hydrogen (secondary N) is 1. The maximum Gasteiger partial charge on any atom is 0.326 e. The highest BCUT2D eigenvalue weighted by Crippen LogP contribution is 2.24. The fraction of sp³-hybridized carbons (Fsp3) is 0.312. The van der Waals surface area contributed by atoms with Gasteiger partial charge < -0.3 is 15.3 Å². The summed E-state index contributed by atoms with van der Waals surface area (Å²) in [6.45, 7) is -0.0307. The maximum atomic E-state index is 13.4. The van der Waals surface area contributed by atoms with Crippen LogP contribution in [0, 0.1) is 0 Å². The lowest BCUT2D eigenvalue weighted by Gasteiger charge is -2.21. The lowest BCUT2D eigenvalue weighted by atomic mass is 10.2. The van der Waals surface area contributed by atoms with Gasteiger partial charge in [-0.2, -0.15) is 0 Å². The van der Waals surface area contributed by atoms with Crippen LogP contribution in [-0.2, 0) is 11.3 Å². The summed E-state index contributed by atoms with van der Waals surface area (Å²) in [5, 5.41) is 14.4. The molecule has 0 bridgehead atoms. The van der Waals surface area contributed by atoms with Gasteiger partial charge in [0.15, 0.2) is 0 Å². The van der Waals surface area contributed by atoms with Gasteiger partial charge >= 0.3 is 12.0 Å². The van der Waals surface area contributed by atoms with Gasteiger partial charge in [0.25, 0.3) is 0 Å². The van der Waals surface area contributed by atoms with Gasteiger partial charge in [0.2, 0.25) is 0 Å². The van der Waals surface area contributed by atoms with E-state index in [1.807, 2.05) is 35.7 Å². The van der Waals surface area contributed by atoms with Crippen molar-refractivity contribution in [1.82, 2.24) is 15.2 Å². The van der Waals surface area contributed by atoms with E-state index in [2.05, 4.69) is 10.3 Å². The molecule has 6 nitrogen and oxygen atoms in total. The molecule has 1 fully saturated rings. The van der Waals surface area contributed by atoms with Crippen LogP contribution in [-0.4, -0.2) is 45.7 Å². The van der Waals surface area contributed by atoms with E-state index in [1.54, 1.807) is 0 Å². The van der Waals surface area contributed by atoms with Crippen molar-refractivity contribution in [3.63, 3.8) is 0 Å². The van der Waals surface area contributed by atoms with Crippen LogP contribution in [0.3, 0.4) is 0 Å². The monoisotopic (exact) mass is 349 g/mol. The number of urea groups is 1. The second kappa shape index (κ2) is 6.96. The van der Waals surface area contributed by atoms with Crippen LogP contribution in [0.5, 0.6) is 0 Å². The molecule has 2 amide bonds. The number of alkyl halides is 1. The van der Waals surface area contributed by atoms with Crippen molar-refractivity contribution >= 4 is 23.3 Å². The fourth-order valence-electron chi connectivity index (χ4n) is 2.61. The normalized spacial score (nSPS) is 20.1. The number of thiazole rings is 1. The Bertz CT molecular complexity index is 737. The van der Waals surface area contributed by atoms with E-state index in [0.717, 1.165) is 15.5 Å². The summed E-state index contributed by atoms with van der Waals surface area (Å²) in [7, 11) is 0. The van der Waals surface area contributed by atoms with Gasteiger partial charge in [-0.1, -0.05) is 30.3 Å². The zero-order valence-electron chi connectivity index (χ0n) is 12.7. The summed E-state index contributed by atoms with van der Waals surface area (Å²) in [4.78, 5) is 28.7. The van der Waals surface area contributed by atoms with E-state index < -0.39 is 24.2 Å². The number of carboxylic acid groups (broad SMARTS) is 1. The summed E-state index contributed by atoms with van der Waals surface area (Å²) in [6, 6.07) is 7.96. The highest BCUT2D eigenvalue weighted by atomic mass is 32.1. The number of likely N-dealkylation sites (tertiary alicyclic amines) is 1. The maximum absolute atomic E-state index is 13.4. The smallest absolute Gasteiger partial charge is 0.326 e. The van der Waals surface area contributed by atoms with Gasteiger partial charge in [0.05, 0.1) is 18.8 Å². The lowest BCUT2D eigenvalue weighted by molar-refractivity contribution is -0.141. The predicted octanol–water partition coefficient (Wildman–Crippen LogP) is 2.52. The summed E-state index contributed by atoms with van der Waals surface area (Å²) < 4.78 is 13.4. The number of hydrogen-bond donors (Lipinski definition) is 2. The molecular weight excluding hydrogens is 333 g/mol. The molecule has 1 aliphatic rings. The van der Waals surface area contributed by atoms with Crippen molar-refractivity contribution in [2.24, 2.45) is 0 Å². The van der Waals surface area contributed by atoms with Crippen LogP contribution in [0.25, 0.3) is 10.6 Å². The number of nitrogens with zero attached hydrogens (tertiary/aromatic N) is 2. The Labute approximate surface area is 141 Å². The third kappa shape index (κ3) is 3.53. The number of carbonyl (C=O) groups excluding carboxylic acids is 1. The Morgan fingerprint density at radius 1 is 1.38 bits per heavy atom. The molecule has 0 spiro atoms. The quantitative estimate of drug-likeness (QED) is 0.888. The summed E-state index contributed by atoms with van der Waals surface area (Å²) in [5.41, 5.74) is 1.67. The Balaban J connectivity index is 1.61. The number of carbonyl (C=O) groups is 2. The number of halogens is 1. The average Bonchev–Trinajstić information content (AvgIpc) is 3.20. The summed E-state index contributed by atoms with van der Waals surface area (Å²) in [5.74, 6) is -1.19. The van der Waals surface area contributed by atoms with Crippen LogP contribution in [0.15, 0.2) is 35.7 Å². The molecule has 2 aromatic rings. The number of aromatic nitrogens is 1. The number of aliphatic carboxylic acids is 1. The van der Waals surface area contributed by atoms with Gasteiger partial charge in [-0.3, -0.25) is 0 Å². The highest BCUT2D eigenvalue weighted by Gasteiger charge is 2.39. The standard InChI is InChI=1S/C16H16FN3O3S/c17-11-6-13(15(21)22)20(8-11)16(23)18-7-12-9-24-14(19-12)10-4-2-1-3-5-10/h1-5,9,11,13H,6-8H2,(H,18,23)(H,21,22)/t11-,13-/m0/s1. The van der Waals surface area contributed by atoms with Gasteiger partial charge in [0, 0.05) is 17.4 Å². The topological polar surface area (TPSA) is 82.5 Å². The van der Waals surface area contributed by atoms with Crippen LogP contribution >= 0.6 is 11.3 Å². The highest BCUT2D eigenvalue weighted by molar-refractivity contribution is 7.13. The second-order valence-electron chi connectivity index (χ2n) is 5.51. The molecule has 0 radical (unpaired) electrons.